The Labute approximate surface area is 295 Å². The van der Waals surface area contributed by atoms with Gasteiger partial charge in [-0.3, -0.25) is 4.90 Å². The van der Waals surface area contributed by atoms with E-state index in [0.717, 1.165) is 52.3 Å². The van der Waals surface area contributed by atoms with Crippen molar-refractivity contribution in [3.8, 4) is 22.6 Å². The molecule has 0 bridgehead atoms. The van der Waals surface area contributed by atoms with Gasteiger partial charge in [0.05, 0.1) is 19.8 Å². The van der Waals surface area contributed by atoms with Gasteiger partial charge in [-0.25, -0.2) is 0 Å². The van der Waals surface area contributed by atoms with Crippen molar-refractivity contribution in [3.05, 3.63) is 179 Å². The van der Waals surface area contributed by atoms with Crippen molar-refractivity contribution < 1.29 is 19.7 Å². The van der Waals surface area contributed by atoms with Crippen molar-refractivity contribution in [1.82, 2.24) is 4.90 Å². The maximum atomic E-state index is 11.4. The number of nitrogens with one attached hydrogen (secondary N) is 1. The summed E-state index contributed by atoms with van der Waals surface area (Å²) < 4.78 is 11.6. The summed E-state index contributed by atoms with van der Waals surface area (Å²) in [5.74, 6) is 1.45. The summed E-state index contributed by atoms with van der Waals surface area (Å²) >= 11 is 0. The van der Waals surface area contributed by atoms with E-state index in [-0.39, 0.29) is 6.61 Å². The average Bonchev–Trinajstić information content (AvgIpc) is 3.17. The van der Waals surface area contributed by atoms with Crippen LogP contribution in [0, 0.1) is 0 Å². The molecule has 0 radical (unpaired) electrons. The monoisotopic (exact) mass is 664 g/mol. The highest BCUT2D eigenvalue weighted by molar-refractivity contribution is 5.76. The molecule has 1 atom stereocenters. The molecule has 6 aromatic rings. The molecule has 0 fully saturated rings. The molecule has 6 heteroatoms. The van der Waals surface area contributed by atoms with Crippen molar-refractivity contribution >= 4 is 11.4 Å². The quantitative estimate of drug-likeness (QED) is 0.0960. The predicted octanol–water partition coefficient (Wildman–Crippen LogP) is 8.96. The van der Waals surface area contributed by atoms with Crippen LogP contribution in [0.5, 0.6) is 11.5 Å². The predicted molar refractivity (Wildman–Crippen MR) is 202 cm³/mol. The van der Waals surface area contributed by atoms with Crippen molar-refractivity contribution in [3.63, 3.8) is 0 Å². The van der Waals surface area contributed by atoms with E-state index in [1.54, 1.807) is 7.11 Å². The summed E-state index contributed by atoms with van der Waals surface area (Å²) in [5.41, 5.74) is 9.00. The van der Waals surface area contributed by atoms with E-state index in [9.17, 15) is 10.2 Å². The SMILES string of the molecule is COc1ccc(Nc2ccc(CCN(Cc3ccccc3)C[C@H](O)c3ccc(OCc4ccccc4)c(CO)c3)cc2)cc1-c1ccccc1. The zero-order valence-corrected chi connectivity index (χ0v) is 28.4. The second-order valence-electron chi connectivity index (χ2n) is 12.4. The van der Waals surface area contributed by atoms with Crippen molar-refractivity contribution in [2.24, 2.45) is 0 Å². The van der Waals surface area contributed by atoms with Crippen molar-refractivity contribution in [1.29, 1.82) is 0 Å². The summed E-state index contributed by atoms with van der Waals surface area (Å²) in [5, 5.41) is 25.1. The molecule has 6 aromatic carbocycles. The van der Waals surface area contributed by atoms with Crippen LogP contribution < -0.4 is 14.8 Å². The molecule has 0 aliphatic heterocycles. The number of aliphatic hydroxyl groups is 2. The molecule has 0 saturated heterocycles. The Morgan fingerprint density at radius 3 is 1.98 bits per heavy atom. The van der Waals surface area contributed by atoms with Gasteiger partial charge in [-0.2, -0.15) is 0 Å². The van der Waals surface area contributed by atoms with Crippen LogP contribution in [-0.4, -0.2) is 35.3 Å². The van der Waals surface area contributed by atoms with Crippen molar-refractivity contribution in [2.45, 2.75) is 32.3 Å². The molecule has 0 saturated carbocycles. The van der Waals surface area contributed by atoms with Gasteiger partial charge >= 0.3 is 0 Å². The summed E-state index contributed by atoms with van der Waals surface area (Å²) in [4.78, 5) is 2.28. The van der Waals surface area contributed by atoms with Crippen LogP contribution in [0.25, 0.3) is 11.1 Å². The Hall–Kier alpha value is -5.40. The largest absolute Gasteiger partial charge is 0.496 e. The number of anilines is 2. The van der Waals surface area contributed by atoms with Crippen LogP contribution in [-0.2, 0) is 26.2 Å². The number of ether oxygens (including phenoxy) is 2. The molecule has 0 unspecified atom stereocenters. The molecule has 3 N–H and O–H groups in total. The minimum absolute atomic E-state index is 0.171. The minimum atomic E-state index is -0.732. The van der Waals surface area contributed by atoms with Crippen LogP contribution in [0.4, 0.5) is 11.4 Å². The fourth-order valence-electron chi connectivity index (χ4n) is 6.07. The summed E-state index contributed by atoms with van der Waals surface area (Å²) in [7, 11) is 1.70. The first-order valence-corrected chi connectivity index (χ1v) is 17.0. The van der Waals surface area contributed by atoms with E-state index < -0.39 is 6.10 Å². The molecule has 0 aliphatic rings. The van der Waals surface area contributed by atoms with E-state index in [1.807, 2.05) is 97.1 Å². The zero-order valence-electron chi connectivity index (χ0n) is 28.4. The third-order valence-corrected chi connectivity index (χ3v) is 8.80. The average molecular weight is 665 g/mol. The summed E-state index contributed by atoms with van der Waals surface area (Å²) in [6, 6.07) is 50.8. The summed E-state index contributed by atoms with van der Waals surface area (Å²) in [6.45, 7) is 2.17. The van der Waals surface area contributed by atoms with Crippen LogP contribution in [0.15, 0.2) is 152 Å². The fourth-order valence-corrected chi connectivity index (χ4v) is 6.07. The molecule has 6 nitrogen and oxygen atoms in total. The maximum absolute atomic E-state index is 11.4. The van der Waals surface area contributed by atoms with E-state index in [0.29, 0.717) is 31.0 Å². The fraction of sp³-hybridized carbons (Fsp3) is 0.182. The molecule has 0 spiro atoms. The zero-order chi connectivity index (χ0) is 34.5. The number of hydrogen-bond donors (Lipinski definition) is 3. The van der Waals surface area contributed by atoms with Gasteiger partial charge in [0.15, 0.2) is 0 Å². The first-order chi connectivity index (χ1) is 24.6. The molecule has 0 amide bonds. The number of methoxy groups -OCH3 is 1. The van der Waals surface area contributed by atoms with Crippen molar-refractivity contribution in [2.75, 3.05) is 25.5 Å². The van der Waals surface area contributed by atoms with Crippen LogP contribution in [0.2, 0.25) is 0 Å². The molecular weight excluding hydrogens is 620 g/mol. The van der Waals surface area contributed by atoms with Gasteiger partial charge in [0.2, 0.25) is 0 Å². The van der Waals surface area contributed by atoms with Gasteiger partial charge in [0.25, 0.3) is 0 Å². The number of aliphatic hydroxyl groups excluding tert-OH is 2. The van der Waals surface area contributed by atoms with E-state index >= 15 is 0 Å². The highest BCUT2D eigenvalue weighted by Crippen LogP contribution is 2.33. The Kier molecular flexibility index (Phi) is 11.9. The minimum Gasteiger partial charge on any atom is -0.496 e. The number of hydrogen-bond acceptors (Lipinski definition) is 6. The second-order valence-corrected chi connectivity index (χ2v) is 12.4. The van der Waals surface area contributed by atoms with Gasteiger partial charge < -0.3 is 25.0 Å². The van der Waals surface area contributed by atoms with Gasteiger partial charge in [0, 0.05) is 42.1 Å². The second kappa shape index (κ2) is 17.3. The number of rotatable bonds is 16. The Morgan fingerprint density at radius 2 is 1.30 bits per heavy atom. The highest BCUT2D eigenvalue weighted by atomic mass is 16.5. The van der Waals surface area contributed by atoms with Gasteiger partial charge in [-0.1, -0.05) is 109 Å². The van der Waals surface area contributed by atoms with Gasteiger partial charge in [-0.15, -0.1) is 0 Å². The Morgan fingerprint density at radius 1 is 0.660 bits per heavy atom. The lowest BCUT2D eigenvalue weighted by molar-refractivity contribution is 0.109. The molecule has 0 aliphatic carbocycles. The summed E-state index contributed by atoms with van der Waals surface area (Å²) in [6.07, 6.45) is 0.0957. The Bertz CT molecular complexity index is 1920. The number of nitrogens with zero attached hydrogens (tertiary/aromatic N) is 1. The first-order valence-electron chi connectivity index (χ1n) is 17.0. The number of benzene rings is 6. The normalized spacial score (nSPS) is 11.7. The topological polar surface area (TPSA) is 74.2 Å². The van der Waals surface area contributed by atoms with Crippen LogP contribution >= 0.6 is 0 Å². The lowest BCUT2D eigenvalue weighted by Gasteiger charge is -2.26. The molecule has 0 heterocycles. The molecule has 50 heavy (non-hydrogen) atoms. The molecular formula is C44H44N2O4. The molecule has 6 rings (SSSR count). The first kappa shape index (κ1) is 34.5. The lowest BCUT2D eigenvalue weighted by atomic mass is 10.0. The lowest BCUT2D eigenvalue weighted by Crippen LogP contribution is -2.30. The van der Waals surface area contributed by atoms with E-state index in [4.69, 9.17) is 9.47 Å². The third-order valence-electron chi connectivity index (χ3n) is 8.80. The van der Waals surface area contributed by atoms with E-state index in [1.165, 1.54) is 11.1 Å². The molecule has 0 aromatic heterocycles. The molecule has 254 valence electrons. The van der Waals surface area contributed by atoms with Gasteiger partial charge in [-0.05, 0) is 76.7 Å². The smallest absolute Gasteiger partial charge is 0.126 e. The standard InChI is InChI=1S/C44H44N2O4/c1-49-44-24-22-40(28-41(44)36-15-9-4-10-16-36)45-39-20-17-33(18-21-39)25-26-46(29-34-11-5-2-6-12-34)30-42(48)37-19-23-43(38(27-37)31-47)50-32-35-13-7-3-8-14-35/h2-24,27-28,42,45,47-48H,25-26,29-32H2,1H3/t42-/m0/s1. The highest BCUT2D eigenvalue weighted by Gasteiger charge is 2.17. The Balaban J connectivity index is 1.10. The van der Waals surface area contributed by atoms with E-state index in [2.05, 4.69) is 64.8 Å². The maximum Gasteiger partial charge on any atom is 0.126 e. The van der Waals surface area contributed by atoms with Crippen LogP contribution in [0.1, 0.15) is 33.9 Å². The van der Waals surface area contributed by atoms with Crippen LogP contribution in [0.3, 0.4) is 0 Å². The third kappa shape index (κ3) is 9.39. The van der Waals surface area contributed by atoms with Gasteiger partial charge in [0.1, 0.15) is 18.1 Å².